The van der Waals surface area contributed by atoms with E-state index < -0.39 is 11.2 Å². The topological polar surface area (TPSA) is 41.1 Å². The fourth-order valence-electron chi connectivity index (χ4n) is 2.18. The predicted octanol–water partition coefficient (Wildman–Crippen LogP) is 3.57. The van der Waals surface area contributed by atoms with Gasteiger partial charge in [-0.3, -0.25) is 4.79 Å². The summed E-state index contributed by atoms with van der Waals surface area (Å²) in [5.41, 5.74) is -0.0464. The lowest BCUT2D eigenvalue weighted by Crippen LogP contribution is -2.46. The normalized spacial score (nSPS) is 23.2. The van der Waals surface area contributed by atoms with Crippen molar-refractivity contribution in [1.82, 2.24) is 5.32 Å². The molecule has 6 heteroatoms. The zero-order chi connectivity index (χ0) is 14.0. The van der Waals surface area contributed by atoms with Crippen molar-refractivity contribution in [2.75, 3.05) is 18.4 Å². The van der Waals surface area contributed by atoms with Crippen molar-refractivity contribution >= 4 is 39.1 Å². The van der Waals surface area contributed by atoms with E-state index in [1.165, 1.54) is 12.1 Å². The zero-order valence-corrected chi connectivity index (χ0v) is 12.9. The van der Waals surface area contributed by atoms with Gasteiger partial charge in [0.05, 0.1) is 16.1 Å². The lowest BCUT2D eigenvalue weighted by molar-refractivity contribution is -0.125. The Morgan fingerprint density at radius 1 is 1.58 bits per heavy atom. The summed E-state index contributed by atoms with van der Waals surface area (Å²) in [7, 11) is 0. The van der Waals surface area contributed by atoms with E-state index in [2.05, 4.69) is 26.6 Å². The highest BCUT2D eigenvalue weighted by Crippen LogP contribution is 2.34. The Morgan fingerprint density at radius 2 is 2.32 bits per heavy atom. The van der Waals surface area contributed by atoms with E-state index in [0.717, 1.165) is 19.4 Å². The van der Waals surface area contributed by atoms with Gasteiger partial charge in [-0.1, -0.05) is 11.6 Å². The molecule has 19 heavy (non-hydrogen) atoms. The quantitative estimate of drug-likeness (QED) is 0.857. The highest BCUT2D eigenvalue weighted by Gasteiger charge is 2.35. The minimum Gasteiger partial charge on any atom is -0.323 e. The smallest absolute Gasteiger partial charge is 0.231 e. The maximum Gasteiger partial charge on any atom is 0.231 e. The molecule has 1 aromatic rings. The molecule has 2 rings (SSSR count). The molecule has 0 radical (unpaired) electrons. The van der Waals surface area contributed by atoms with Crippen molar-refractivity contribution in [3.63, 3.8) is 0 Å². The first kappa shape index (κ1) is 14.8. The molecule has 1 unspecified atom stereocenters. The van der Waals surface area contributed by atoms with E-state index in [9.17, 15) is 9.18 Å². The van der Waals surface area contributed by atoms with Crippen molar-refractivity contribution in [3.8, 4) is 0 Å². The lowest BCUT2D eigenvalue weighted by atomic mass is 9.82. The number of nitrogens with one attached hydrogen (secondary N) is 2. The third kappa shape index (κ3) is 3.27. The number of benzene rings is 1. The average molecular weight is 350 g/mol. The van der Waals surface area contributed by atoms with Crippen LogP contribution in [0.3, 0.4) is 0 Å². The molecule has 0 aromatic heterocycles. The molecule has 0 bridgehead atoms. The van der Waals surface area contributed by atoms with Gasteiger partial charge in [0.15, 0.2) is 0 Å². The van der Waals surface area contributed by atoms with Gasteiger partial charge in [-0.05, 0) is 54.4 Å². The molecule has 1 aliphatic heterocycles. The van der Waals surface area contributed by atoms with Crippen LogP contribution in [0.4, 0.5) is 10.1 Å². The number of halogens is 3. The number of carbonyl (C=O) groups is 1. The van der Waals surface area contributed by atoms with E-state index in [0.29, 0.717) is 16.7 Å². The second-order valence-electron chi connectivity index (χ2n) is 5.04. The first-order chi connectivity index (χ1) is 8.92. The van der Waals surface area contributed by atoms with Crippen LogP contribution < -0.4 is 10.6 Å². The van der Waals surface area contributed by atoms with E-state index in [4.69, 9.17) is 11.6 Å². The summed E-state index contributed by atoms with van der Waals surface area (Å²) in [6, 6.07) is 2.46. The van der Waals surface area contributed by atoms with Crippen LogP contribution in [0.5, 0.6) is 0 Å². The Balaban J connectivity index is 2.19. The Labute approximate surface area is 125 Å². The molecule has 3 nitrogen and oxygen atoms in total. The average Bonchev–Trinajstić information content (AvgIpc) is 2.34. The molecule has 104 valence electrons. The summed E-state index contributed by atoms with van der Waals surface area (Å²) in [5, 5.41) is 6.19. The van der Waals surface area contributed by atoms with Crippen LogP contribution in [0.15, 0.2) is 16.6 Å². The van der Waals surface area contributed by atoms with Gasteiger partial charge in [-0.25, -0.2) is 4.39 Å². The van der Waals surface area contributed by atoms with Gasteiger partial charge in [0, 0.05) is 11.0 Å². The van der Waals surface area contributed by atoms with E-state index in [1.54, 1.807) is 0 Å². The molecule has 0 spiro atoms. The van der Waals surface area contributed by atoms with Crippen LogP contribution in [0.1, 0.15) is 19.8 Å². The Morgan fingerprint density at radius 3 is 2.89 bits per heavy atom. The highest BCUT2D eigenvalue weighted by atomic mass is 79.9. The summed E-state index contributed by atoms with van der Waals surface area (Å²) in [5.74, 6) is -0.547. The molecule has 0 aliphatic carbocycles. The Bertz CT molecular complexity index is 480. The number of hydrogen-bond donors (Lipinski definition) is 2. The standard InChI is InChI=1S/C13H15BrClFN2O/c1-13(3-2-4-17-7-13)12(19)18-11-9(14)5-8(16)6-10(11)15/h5-6,17H,2-4,7H2,1H3,(H,18,19). The van der Waals surface area contributed by atoms with Crippen LogP contribution in [0, 0.1) is 11.2 Å². The summed E-state index contributed by atoms with van der Waals surface area (Å²) in [6.45, 7) is 3.49. The van der Waals surface area contributed by atoms with Gasteiger partial charge < -0.3 is 10.6 Å². The predicted molar refractivity (Wildman–Crippen MR) is 78.0 cm³/mol. The van der Waals surface area contributed by atoms with Gasteiger partial charge in [0.2, 0.25) is 5.91 Å². The number of hydrogen-bond acceptors (Lipinski definition) is 2. The van der Waals surface area contributed by atoms with Gasteiger partial charge in [0.1, 0.15) is 5.82 Å². The maximum atomic E-state index is 13.1. The second kappa shape index (κ2) is 5.77. The van der Waals surface area contributed by atoms with Crippen LogP contribution in [0.25, 0.3) is 0 Å². The molecule has 1 aromatic carbocycles. The fourth-order valence-corrected chi connectivity index (χ4v) is 3.07. The van der Waals surface area contributed by atoms with Crippen molar-refractivity contribution in [1.29, 1.82) is 0 Å². The molecule has 0 saturated carbocycles. The summed E-state index contributed by atoms with van der Waals surface area (Å²) < 4.78 is 13.6. The zero-order valence-electron chi connectivity index (χ0n) is 10.5. The largest absolute Gasteiger partial charge is 0.323 e. The number of rotatable bonds is 2. The fraction of sp³-hybridized carbons (Fsp3) is 0.462. The second-order valence-corrected chi connectivity index (χ2v) is 6.30. The molecule has 1 aliphatic rings. The van der Waals surface area contributed by atoms with Crippen LogP contribution in [0.2, 0.25) is 5.02 Å². The van der Waals surface area contributed by atoms with Crippen molar-refractivity contribution in [2.24, 2.45) is 5.41 Å². The molecule has 1 fully saturated rings. The van der Waals surface area contributed by atoms with Gasteiger partial charge in [0.25, 0.3) is 0 Å². The summed E-state index contributed by atoms with van der Waals surface area (Å²) in [4.78, 5) is 12.4. The van der Waals surface area contributed by atoms with Gasteiger partial charge >= 0.3 is 0 Å². The van der Waals surface area contributed by atoms with Crippen LogP contribution >= 0.6 is 27.5 Å². The SMILES string of the molecule is CC1(C(=O)Nc2c(Cl)cc(F)cc2Br)CCCNC1. The third-order valence-corrected chi connectivity index (χ3v) is 4.31. The number of carbonyl (C=O) groups excluding carboxylic acids is 1. The van der Waals surface area contributed by atoms with Gasteiger partial charge in [-0.2, -0.15) is 0 Å². The van der Waals surface area contributed by atoms with Crippen molar-refractivity contribution in [3.05, 3.63) is 27.4 Å². The molecule has 1 atom stereocenters. The third-order valence-electron chi connectivity index (χ3n) is 3.39. The summed E-state index contributed by atoms with van der Waals surface area (Å²) in [6.07, 6.45) is 1.78. The first-order valence-electron chi connectivity index (χ1n) is 6.09. The number of amides is 1. The molecular weight excluding hydrogens is 335 g/mol. The molecule has 2 N–H and O–H groups in total. The van der Waals surface area contributed by atoms with E-state index >= 15 is 0 Å². The van der Waals surface area contributed by atoms with E-state index in [-0.39, 0.29) is 10.9 Å². The number of piperidine rings is 1. The first-order valence-corrected chi connectivity index (χ1v) is 7.26. The summed E-state index contributed by atoms with van der Waals surface area (Å²) >= 11 is 9.18. The molecule has 1 heterocycles. The van der Waals surface area contributed by atoms with E-state index in [1.807, 2.05) is 6.92 Å². The molecular formula is C13H15BrClFN2O. The minimum atomic E-state index is -0.463. The number of anilines is 1. The van der Waals surface area contributed by atoms with Crippen LogP contribution in [-0.4, -0.2) is 19.0 Å². The Kier molecular flexibility index (Phi) is 4.48. The molecule has 1 saturated heterocycles. The molecule has 1 amide bonds. The monoisotopic (exact) mass is 348 g/mol. The van der Waals surface area contributed by atoms with Crippen molar-refractivity contribution < 1.29 is 9.18 Å². The maximum absolute atomic E-state index is 13.1. The minimum absolute atomic E-state index is 0.103. The van der Waals surface area contributed by atoms with Gasteiger partial charge in [-0.15, -0.1) is 0 Å². The Hall–Kier alpha value is -0.650. The lowest BCUT2D eigenvalue weighted by Gasteiger charge is -2.32. The van der Waals surface area contributed by atoms with Crippen LogP contribution in [-0.2, 0) is 4.79 Å². The van der Waals surface area contributed by atoms with Crippen molar-refractivity contribution in [2.45, 2.75) is 19.8 Å². The highest BCUT2D eigenvalue weighted by molar-refractivity contribution is 9.10.